The van der Waals surface area contributed by atoms with Crippen molar-refractivity contribution in [1.29, 1.82) is 0 Å². The highest BCUT2D eigenvalue weighted by atomic mass is 35.5. The minimum Gasteiger partial charge on any atom is -0.611 e. The van der Waals surface area contributed by atoms with Crippen LogP contribution in [0.5, 0.6) is 0 Å². The molecule has 0 aromatic carbocycles. The van der Waals surface area contributed by atoms with Crippen molar-refractivity contribution in [2.24, 2.45) is 5.92 Å². The third-order valence-electron chi connectivity index (χ3n) is 3.47. The number of allylic oxidation sites excluding steroid dienone is 4. The van der Waals surface area contributed by atoms with Crippen molar-refractivity contribution in [2.45, 2.75) is 21.9 Å². The van der Waals surface area contributed by atoms with E-state index in [1.807, 2.05) is 24.3 Å². The molecule has 19 heavy (non-hydrogen) atoms. The normalized spacial score (nSPS) is 41.3. The van der Waals surface area contributed by atoms with Crippen molar-refractivity contribution in [3.05, 3.63) is 35.8 Å². The summed E-state index contributed by atoms with van der Waals surface area (Å²) in [5.74, 6) is -0.0213. The monoisotopic (exact) mass is 335 g/mol. The summed E-state index contributed by atoms with van der Waals surface area (Å²) in [6, 6.07) is 0. The minimum atomic E-state index is -1.21. The van der Waals surface area contributed by atoms with Gasteiger partial charge < -0.3 is 9.87 Å². The van der Waals surface area contributed by atoms with E-state index in [4.69, 9.17) is 35.4 Å². The van der Waals surface area contributed by atoms with Gasteiger partial charge in [0.1, 0.15) is 10.4 Å². The fourth-order valence-electron chi connectivity index (χ4n) is 2.43. The van der Waals surface area contributed by atoms with E-state index in [2.05, 4.69) is 5.32 Å². The van der Waals surface area contributed by atoms with Gasteiger partial charge in [0.05, 0.1) is 10.8 Å². The number of rotatable bonds is 2. The Morgan fingerprint density at radius 3 is 2.74 bits per heavy atom. The summed E-state index contributed by atoms with van der Waals surface area (Å²) in [4.78, 5) is 0.568. The predicted octanol–water partition coefficient (Wildman–Crippen LogP) is 2.90. The van der Waals surface area contributed by atoms with Gasteiger partial charge in [-0.05, 0) is 29.7 Å². The fraction of sp³-hybridized carbons (Fsp3) is 0.462. The smallest absolute Gasteiger partial charge is 0.204 e. The van der Waals surface area contributed by atoms with Gasteiger partial charge in [0.2, 0.25) is 4.75 Å². The molecule has 0 radical (unpaired) electrons. The van der Waals surface area contributed by atoms with Crippen LogP contribution >= 0.6 is 35.4 Å². The molecule has 1 heterocycles. The molecular formula is C13H15Cl2NOS2. The molecule has 0 aromatic heterocycles. The van der Waals surface area contributed by atoms with Crippen LogP contribution in [0.1, 0.15) is 6.42 Å². The van der Waals surface area contributed by atoms with E-state index in [1.54, 1.807) is 18.5 Å². The molecule has 0 spiro atoms. The van der Waals surface area contributed by atoms with E-state index >= 15 is 0 Å². The zero-order valence-corrected chi connectivity index (χ0v) is 13.5. The van der Waals surface area contributed by atoms with Crippen LogP contribution in [0.15, 0.2) is 35.8 Å². The second kappa shape index (κ2) is 6.19. The van der Waals surface area contributed by atoms with Gasteiger partial charge in [-0.25, -0.2) is 0 Å². The van der Waals surface area contributed by atoms with E-state index in [1.165, 1.54) is 0 Å². The molecule has 2 rings (SSSR count). The Morgan fingerprint density at radius 1 is 1.42 bits per heavy atom. The van der Waals surface area contributed by atoms with Crippen LogP contribution in [-0.4, -0.2) is 32.1 Å². The van der Waals surface area contributed by atoms with Crippen molar-refractivity contribution in [1.82, 2.24) is 5.32 Å². The molecule has 6 heteroatoms. The molecule has 0 saturated heterocycles. The second-order valence-electron chi connectivity index (χ2n) is 4.54. The highest BCUT2D eigenvalue weighted by molar-refractivity contribution is 7.98. The molecule has 0 saturated carbocycles. The minimum absolute atomic E-state index is 0.0213. The Morgan fingerprint density at radius 2 is 2.16 bits per heavy atom. The van der Waals surface area contributed by atoms with E-state index in [0.717, 1.165) is 0 Å². The number of hydrogen-bond donors (Lipinski definition) is 1. The first-order valence-corrected chi connectivity index (χ1v) is 8.47. The summed E-state index contributed by atoms with van der Waals surface area (Å²) in [5.41, 5.74) is 0. The summed E-state index contributed by atoms with van der Waals surface area (Å²) in [7, 11) is 1.75. The Bertz CT molecular complexity index is 452. The van der Waals surface area contributed by atoms with Gasteiger partial charge >= 0.3 is 0 Å². The standard InChI is InChI=1S/C13H15Cl2NOS2/c1-16-12(18)13(6-2-3-7-19(13)17)9-4-5-10(14)11(15)8-9/h2-7,9-11H,8H2,1H3,(H,16,18)/t9?,10?,11?,13-,19-/m0/s1. The SMILES string of the molecule is CNC(=S)[C@@]1(C2C=CC(Cl)C(Cl)C2)C=CC=C[S@+]1[O-]. The zero-order chi connectivity index (χ0) is 14.0. The van der Waals surface area contributed by atoms with Crippen LogP contribution in [0, 0.1) is 5.92 Å². The third kappa shape index (κ3) is 2.74. The molecule has 0 aromatic rings. The van der Waals surface area contributed by atoms with Gasteiger partial charge in [0.15, 0.2) is 0 Å². The van der Waals surface area contributed by atoms with Gasteiger partial charge in [-0.3, -0.25) is 0 Å². The molecule has 1 aliphatic heterocycles. The zero-order valence-electron chi connectivity index (χ0n) is 10.4. The number of thiocarbonyl (C=S) groups is 1. The van der Waals surface area contributed by atoms with Gasteiger partial charge in [0, 0.05) is 13.0 Å². The van der Waals surface area contributed by atoms with Crippen molar-refractivity contribution in [3.63, 3.8) is 0 Å². The highest BCUT2D eigenvalue weighted by Gasteiger charge is 2.51. The summed E-state index contributed by atoms with van der Waals surface area (Å²) in [6.45, 7) is 0. The fourth-order valence-corrected chi connectivity index (χ4v) is 4.79. The summed E-state index contributed by atoms with van der Waals surface area (Å²) >= 11 is 16.5. The maximum Gasteiger partial charge on any atom is 0.204 e. The molecule has 1 aliphatic carbocycles. The van der Waals surface area contributed by atoms with Crippen LogP contribution in [-0.2, 0) is 11.2 Å². The largest absolute Gasteiger partial charge is 0.611 e. The molecule has 1 N–H and O–H groups in total. The number of halogens is 2. The number of hydrogen-bond acceptors (Lipinski definition) is 2. The highest BCUT2D eigenvalue weighted by Crippen LogP contribution is 2.41. The maximum atomic E-state index is 12.5. The molecule has 0 fully saturated rings. The lowest BCUT2D eigenvalue weighted by atomic mass is 9.82. The average molecular weight is 336 g/mol. The van der Waals surface area contributed by atoms with Crippen molar-refractivity contribution < 1.29 is 4.55 Å². The van der Waals surface area contributed by atoms with Crippen LogP contribution in [0.4, 0.5) is 0 Å². The van der Waals surface area contributed by atoms with Crippen molar-refractivity contribution >= 4 is 51.6 Å². The first-order valence-electron chi connectivity index (χ1n) is 5.97. The molecule has 104 valence electrons. The molecule has 2 nitrogen and oxygen atoms in total. The molecule has 0 amide bonds. The average Bonchev–Trinajstić information content (AvgIpc) is 2.42. The van der Waals surface area contributed by atoms with Crippen molar-refractivity contribution in [3.8, 4) is 0 Å². The van der Waals surface area contributed by atoms with Crippen molar-refractivity contribution in [2.75, 3.05) is 7.05 Å². The lowest BCUT2D eigenvalue weighted by Gasteiger charge is -2.40. The quantitative estimate of drug-likeness (QED) is 0.364. The molecule has 3 unspecified atom stereocenters. The first kappa shape index (κ1) is 15.4. The van der Waals surface area contributed by atoms with Gasteiger partial charge in [-0.2, -0.15) is 0 Å². The summed E-state index contributed by atoms with van der Waals surface area (Å²) in [5, 5.41) is 4.28. The van der Waals surface area contributed by atoms with Crippen LogP contribution in [0.2, 0.25) is 0 Å². The molecule has 2 aliphatic rings. The molecule has 5 atom stereocenters. The Hall–Kier alpha value is -0.0000000000000000763. The summed E-state index contributed by atoms with van der Waals surface area (Å²) in [6.07, 6.45) is 10.1. The van der Waals surface area contributed by atoms with E-state index in [0.29, 0.717) is 11.4 Å². The summed E-state index contributed by atoms with van der Waals surface area (Å²) < 4.78 is 11.8. The van der Waals surface area contributed by atoms with E-state index < -0.39 is 15.9 Å². The Kier molecular flexibility index (Phi) is 5.01. The van der Waals surface area contributed by atoms with E-state index in [-0.39, 0.29) is 16.7 Å². The second-order valence-corrected chi connectivity index (χ2v) is 7.56. The Balaban J connectivity index is 2.40. The topological polar surface area (TPSA) is 35.1 Å². The lowest BCUT2D eigenvalue weighted by molar-refractivity contribution is 0.493. The number of nitrogens with one attached hydrogen (secondary N) is 1. The lowest BCUT2D eigenvalue weighted by Crippen LogP contribution is -2.55. The van der Waals surface area contributed by atoms with Gasteiger partial charge in [-0.1, -0.05) is 30.4 Å². The van der Waals surface area contributed by atoms with Gasteiger partial charge in [-0.15, -0.1) is 23.2 Å². The van der Waals surface area contributed by atoms with Gasteiger partial charge in [0.25, 0.3) is 0 Å². The van der Waals surface area contributed by atoms with E-state index in [9.17, 15) is 4.55 Å². The Labute approximate surface area is 132 Å². The predicted molar refractivity (Wildman–Crippen MR) is 87.3 cm³/mol. The maximum absolute atomic E-state index is 12.5. The molecule has 0 bridgehead atoms. The first-order chi connectivity index (χ1) is 9.02. The van der Waals surface area contributed by atoms with Crippen LogP contribution in [0.25, 0.3) is 0 Å². The van der Waals surface area contributed by atoms with Crippen LogP contribution < -0.4 is 5.32 Å². The molecular weight excluding hydrogens is 321 g/mol. The van der Waals surface area contributed by atoms with Crippen LogP contribution in [0.3, 0.4) is 0 Å². The third-order valence-corrected chi connectivity index (χ3v) is 6.89. The number of alkyl halides is 2.